The molecule has 25 heavy (non-hydrogen) atoms. The fraction of sp³-hybridized carbons (Fsp3) is 0.235. The monoisotopic (exact) mass is 378 g/mol. The first-order valence-electron chi connectivity index (χ1n) is 7.50. The number of carbonyl (C=O) groups excluding carboxylic acids is 1. The molecule has 3 rings (SSSR count). The van der Waals surface area contributed by atoms with E-state index in [4.69, 9.17) is 16.0 Å². The van der Waals surface area contributed by atoms with Crippen LogP contribution in [0.5, 0.6) is 0 Å². The molecule has 0 aromatic carbocycles. The minimum Gasteiger partial charge on any atom is -0.467 e. The summed E-state index contributed by atoms with van der Waals surface area (Å²) in [6, 6.07) is 4.92. The Kier molecular flexibility index (Phi) is 4.78. The summed E-state index contributed by atoms with van der Waals surface area (Å²) in [6.45, 7) is 3.70. The maximum Gasteiger partial charge on any atom is 0.412 e. The number of halogens is 1. The molecule has 0 aliphatic rings. The summed E-state index contributed by atoms with van der Waals surface area (Å²) in [5.74, 6) is 0.215. The molecule has 0 aliphatic heterocycles. The predicted octanol–water partition coefficient (Wildman–Crippen LogP) is 4.84. The van der Waals surface area contributed by atoms with Gasteiger partial charge < -0.3 is 14.3 Å². The van der Waals surface area contributed by atoms with Crippen LogP contribution >= 0.6 is 22.9 Å². The summed E-state index contributed by atoms with van der Waals surface area (Å²) in [7, 11) is 0. The lowest BCUT2D eigenvalue weighted by molar-refractivity contribution is -0.108. The van der Waals surface area contributed by atoms with Crippen molar-refractivity contribution in [2.45, 2.75) is 26.3 Å². The SMILES string of the molecule is Cc1c(C(C)C=O)sc2c(N(Cc3ccco3)C(=O)O)cc(Cl)nc12. The largest absolute Gasteiger partial charge is 0.467 e. The summed E-state index contributed by atoms with van der Waals surface area (Å²) in [6.07, 6.45) is 1.22. The number of aldehydes is 1. The Balaban J connectivity index is 2.19. The van der Waals surface area contributed by atoms with Crippen molar-refractivity contribution in [3.63, 3.8) is 0 Å². The van der Waals surface area contributed by atoms with Crippen molar-refractivity contribution in [3.05, 3.63) is 45.8 Å². The molecule has 1 atom stereocenters. The van der Waals surface area contributed by atoms with Crippen LogP contribution in [0.1, 0.15) is 29.0 Å². The van der Waals surface area contributed by atoms with E-state index in [9.17, 15) is 14.7 Å². The van der Waals surface area contributed by atoms with Gasteiger partial charge in [0.1, 0.15) is 17.2 Å². The number of aryl methyl sites for hydroxylation is 1. The second-order valence-electron chi connectivity index (χ2n) is 5.61. The zero-order valence-corrected chi connectivity index (χ0v) is 15.1. The van der Waals surface area contributed by atoms with Gasteiger partial charge in [-0.05, 0) is 24.6 Å². The van der Waals surface area contributed by atoms with Crippen LogP contribution in [0.4, 0.5) is 10.5 Å². The van der Waals surface area contributed by atoms with Crippen molar-refractivity contribution >= 4 is 51.2 Å². The fourth-order valence-electron chi connectivity index (χ4n) is 2.66. The maximum atomic E-state index is 11.8. The highest BCUT2D eigenvalue weighted by Crippen LogP contribution is 2.41. The average Bonchev–Trinajstić information content (AvgIpc) is 3.20. The molecule has 6 nitrogen and oxygen atoms in total. The van der Waals surface area contributed by atoms with Crippen LogP contribution < -0.4 is 4.90 Å². The summed E-state index contributed by atoms with van der Waals surface area (Å²) in [4.78, 5) is 29.4. The van der Waals surface area contributed by atoms with Gasteiger partial charge in [0.05, 0.1) is 28.7 Å². The van der Waals surface area contributed by atoms with Crippen LogP contribution in [0.15, 0.2) is 28.9 Å². The Bertz CT molecular complexity index is 936. The van der Waals surface area contributed by atoms with E-state index in [-0.39, 0.29) is 17.6 Å². The molecule has 0 aliphatic carbocycles. The third-order valence-electron chi connectivity index (χ3n) is 3.89. The summed E-state index contributed by atoms with van der Waals surface area (Å²) in [5, 5.41) is 9.87. The topological polar surface area (TPSA) is 83.6 Å². The molecule has 0 radical (unpaired) electrons. The standard InChI is InChI=1S/C17H15ClN2O4S/c1-9(8-21)15-10(2)14-16(25-15)12(6-13(18)19-14)20(17(22)23)7-11-4-3-5-24-11/h3-6,8-9H,7H2,1-2H3,(H,22,23). The van der Waals surface area contributed by atoms with E-state index in [1.54, 1.807) is 19.1 Å². The Morgan fingerprint density at radius 3 is 2.92 bits per heavy atom. The zero-order valence-electron chi connectivity index (χ0n) is 13.5. The van der Waals surface area contributed by atoms with Crippen LogP contribution in [0.3, 0.4) is 0 Å². The number of thiophene rings is 1. The minimum absolute atomic E-state index is 0.0489. The summed E-state index contributed by atoms with van der Waals surface area (Å²) >= 11 is 7.49. The zero-order chi connectivity index (χ0) is 18.1. The number of aromatic nitrogens is 1. The van der Waals surface area contributed by atoms with Crippen molar-refractivity contribution in [2.24, 2.45) is 0 Å². The highest BCUT2D eigenvalue weighted by Gasteiger charge is 2.24. The van der Waals surface area contributed by atoms with E-state index in [1.807, 2.05) is 6.92 Å². The molecule has 0 saturated carbocycles. The number of amides is 1. The Hall–Kier alpha value is -2.38. The molecule has 130 valence electrons. The first kappa shape index (κ1) is 17.4. The number of rotatable bonds is 5. The fourth-order valence-corrected chi connectivity index (χ4v) is 4.13. The number of anilines is 1. The molecule has 1 unspecified atom stereocenters. The second-order valence-corrected chi connectivity index (χ2v) is 7.05. The number of hydrogen-bond donors (Lipinski definition) is 1. The summed E-state index contributed by atoms with van der Waals surface area (Å²) in [5.41, 5.74) is 1.88. The molecule has 1 N–H and O–H groups in total. The minimum atomic E-state index is -1.13. The number of fused-ring (bicyclic) bond motifs is 1. The normalized spacial score (nSPS) is 12.3. The van der Waals surface area contributed by atoms with E-state index in [2.05, 4.69) is 4.98 Å². The molecule has 0 bridgehead atoms. The molecule has 0 fully saturated rings. The molecule has 3 aromatic rings. The van der Waals surface area contributed by atoms with Crippen molar-refractivity contribution in [1.82, 2.24) is 4.98 Å². The smallest absolute Gasteiger partial charge is 0.412 e. The van der Waals surface area contributed by atoms with E-state index in [1.165, 1.54) is 28.6 Å². The van der Waals surface area contributed by atoms with E-state index in [0.717, 1.165) is 16.7 Å². The predicted molar refractivity (Wildman–Crippen MR) is 96.8 cm³/mol. The van der Waals surface area contributed by atoms with Crippen LogP contribution in [0, 0.1) is 6.92 Å². The molecule has 3 heterocycles. The molecule has 1 amide bonds. The van der Waals surface area contributed by atoms with Crippen molar-refractivity contribution < 1.29 is 19.1 Å². The molecule has 0 spiro atoms. The van der Waals surface area contributed by atoms with Gasteiger partial charge in [0, 0.05) is 16.9 Å². The molecule has 3 aromatic heterocycles. The van der Waals surface area contributed by atoms with Crippen molar-refractivity contribution in [2.75, 3.05) is 4.90 Å². The Morgan fingerprint density at radius 2 is 2.32 bits per heavy atom. The highest BCUT2D eigenvalue weighted by atomic mass is 35.5. The maximum absolute atomic E-state index is 11.8. The van der Waals surface area contributed by atoms with Gasteiger partial charge in [-0.2, -0.15) is 0 Å². The number of furan rings is 1. The van der Waals surface area contributed by atoms with Gasteiger partial charge in [-0.15, -0.1) is 11.3 Å². The van der Waals surface area contributed by atoms with Crippen molar-refractivity contribution in [3.8, 4) is 0 Å². The lowest BCUT2D eigenvalue weighted by Gasteiger charge is -2.19. The Morgan fingerprint density at radius 1 is 1.56 bits per heavy atom. The van der Waals surface area contributed by atoms with E-state index < -0.39 is 6.09 Å². The number of carboxylic acid groups (broad SMARTS) is 1. The van der Waals surface area contributed by atoms with Gasteiger partial charge in [-0.1, -0.05) is 18.5 Å². The lowest BCUT2D eigenvalue weighted by atomic mass is 10.1. The van der Waals surface area contributed by atoms with Crippen LogP contribution in [-0.2, 0) is 11.3 Å². The van der Waals surface area contributed by atoms with Gasteiger partial charge in [-0.3, -0.25) is 4.90 Å². The van der Waals surface area contributed by atoms with Crippen LogP contribution in [0.25, 0.3) is 10.2 Å². The third-order valence-corrected chi connectivity index (χ3v) is 5.59. The van der Waals surface area contributed by atoms with Crippen molar-refractivity contribution in [1.29, 1.82) is 0 Å². The van der Waals surface area contributed by atoms with Crippen LogP contribution in [0.2, 0.25) is 5.15 Å². The van der Waals surface area contributed by atoms with E-state index >= 15 is 0 Å². The van der Waals surface area contributed by atoms with Gasteiger partial charge in [0.2, 0.25) is 0 Å². The first-order chi connectivity index (χ1) is 11.9. The highest BCUT2D eigenvalue weighted by molar-refractivity contribution is 7.20. The summed E-state index contributed by atoms with van der Waals surface area (Å²) < 4.78 is 5.95. The molecule has 0 saturated heterocycles. The van der Waals surface area contributed by atoms with Crippen LogP contribution in [-0.4, -0.2) is 22.5 Å². The Labute approximate surface area is 152 Å². The molecular formula is C17H15ClN2O4S. The second kappa shape index (κ2) is 6.85. The molecular weight excluding hydrogens is 364 g/mol. The number of pyridine rings is 1. The number of hydrogen-bond acceptors (Lipinski definition) is 5. The first-order valence-corrected chi connectivity index (χ1v) is 8.69. The van der Waals surface area contributed by atoms with Gasteiger partial charge in [0.15, 0.2) is 0 Å². The third kappa shape index (κ3) is 3.25. The quantitative estimate of drug-likeness (QED) is 0.507. The van der Waals surface area contributed by atoms with E-state index in [0.29, 0.717) is 21.7 Å². The number of carbonyl (C=O) groups is 2. The van der Waals surface area contributed by atoms with Gasteiger partial charge in [0.25, 0.3) is 0 Å². The van der Waals surface area contributed by atoms with Gasteiger partial charge in [-0.25, -0.2) is 9.78 Å². The van der Waals surface area contributed by atoms with Gasteiger partial charge >= 0.3 is 6.09 Å². The number of nitrogens with zero attached hydrogens (tertiary/aromatic N) is 2. The average molecular weight is 379 g/mol. The lowest BCUT2D eigenvalue weighted by Crippen LogP contribution is -2.28. The molecule has 8 heteroatoms.